The number of halogens is 4. The predicted octanol–water partition coefficient (Wildman–Crippen LogP) is 3.26. The van der Waals surface area contributed by atoms with E-state index in [-0.39, 0.29) is 0 Å². The maximum atomic E-state index is 13.3. The molecule has 1 aromatic rings. The Hall–Kier alpha value is -1.14. The molecule has 2 rings (SSSR count). The van der Waals surface area contributed by atoms with Crippen molar-refractivity contribution >= 4 is 0 Å². The fraction of sp³-hybridized carbons (Fsp3) is 0.600. The van der Waals surface area contributed by atoms with Crippen molar-refractivity contribution in [3.63, 3.8) is 0 Å². The molecule has 2 N–H and O–H groups in total. The van der Waals surface area contributed by atoms with E-state index in [0.717, 1.165) is 31.6 Å². The van der Waals surface area contributed by atoms with Gasteiger partial charge in [0.15, 0.2) is 0 Å². The summed E-state index contributed by atoms with van der Waals surface area (Å²) in [6.45, 7) is 4.72. The zero-order chi connectivity index (χ0) is 15.6. The SMILES string of the molecule is CC1CCN(Cc2ccc(F)c(C(F)(F)F)c2)CC1CN. The number of piperidine rings is 1. The number of benzene rings is 1. The van der Waals surface area contributed by atoms with Gasteiger partial charge in [0.05, 0.1) is 5.56 Å². The molecule has 0 spiro atoms. The third-order valence-electron chi connectivity index (χ3n) is 4.24. The molecule has 1 fully saturated rings. The minimum Gasteiger partial charge on any atom is -0.330 e. The first-order valence-corrected chi connectivity index (χ1v) is 7.09. The van der Waals surface area contributed by atoms with Gasteiger partial charge in [0.2, 0.25) is 0 Å². The molecule has 0 bridgehead atoms. The summed E-state index contributed by atoms with van der Waals surface area (Å²) in [6, 6.07) is 3.22. The monoisotopic (exact) mass is 304 g/mol. The number of alkyl halides is 3. The van der Waals surface area contributed by atoms with Gasteiger partial charge in [-0.15, -0.1) is 0 Å². The van der Waals surface area contributed by atoms with E-state index < -0.39 is 17.6 Å². The topological polar surface area (TPSA) is 29.3 Å². The maximum Gasteiger partial charge on any atom is 0.419 e. The number of nitrogens with two attached hydrogens (primary N) is 1. The van der Waals surface area contributed by atoms with Crippen molar-refractivity contribution in [1.82, 2.24) is 4.90 Å². The quantitative estimate of drug-likeness (QED) is 0.869. The lowest BCUT2D eigenvalue weighted by Gasteiger charge is -2.36. The summed E-state index contributed by atoms with van der Waals surface area (Å²) in [5.74, 6) is -0.329. The maximum absolute atomic E-state index is 13.3. The number of rotatable bonds is 3. The molecule has 2 nitrogen and oxygen atoms in total. The lowest BCUT2D eigenvalue weighted by molar-refractivity contribution is -0.140. The van der Waals surface area contributed by atoms with Crippen LogP contribution in [0.3, 0.4) is 0 Å². The van der Waals surface area contributed by atoms with Gasteiger partial charge in [0.1, 0.15) is 5.82 Å². The Bertz CT molecular complexity index is 487. The Morgan fingerprint density at radius 2 is 2.05 bits per heavy atom. The Labute approximate surface area is 121 Å². The van der Waals surface area contributed by atoms with Gasteiger partial charge in [-0.05, 0) is 49.0 Å². The lowest BCUT2D eigenvalue weighted by Crippen LogP contribution is -2.42. The van der Waals surface area contributed by atoms with Crippen LogP contribution in [0.2, 0.25) is 0 Å². The molecule has 118 valence electrons. The highest BCUT2D eigenvalue weighted by Crippen LogP contribution is 2.32. The fourth-order valence-electron chi connectivity index (χ4n) is 2.82. The van der Waals surface area contributed by atoms with Crippen LogP contribution in [0.4, 0.5) is 17.6 Å². The van der Waals surface area contributed by atoms with Crippen molar-refractivity contribution in [3.05, 3.63) is 35.1 Å². The van der Waals surface area contributed by atoms with Gasteiger partial charge in [-0.1, -0.05) is 13.0 Å². The Balaban J connectivity index is 2.10. The molecule has 1 aliphatic rings. The van der Waals surface area contributed by atoms with Gasteiger partial charge >= 0.3 is 6.18 Å². The summed E-state index contributed by atoms with van der Waals surface area (Å²) in [4.78, 5) is 2.09. The zero-order valence-electron chi connectivity index (χ0n) is 12.0. The van der Waals surface area contributed by atoms with E-state index >= 15 is 0 Å². The molecule has 0 saturated carbocycles. The Morgan fingerprint density at radius 1 is 1.33 bits per heavy atom. The van der Waals surface area contributed by atoms with E-state index in [4.69, 9.17) is 5.73 Å². The molecule has 1 saturated heterocycles. The van der Waals surface area contributed by atoms with E-state index in [1.54, 1.807) is 0 Å². The van der Waals surface area contributed by atoms with Crippen molar-refractivity contribution in [1.29, 1.82) is 0 Å². The Kier molecular flexibility index (Phi) is 4.88. The van der Waals surface area contributed by atoms with E-state index in [1.165, 1.54) is 6.07 Å². The molecule has 6 heteroatoms. The number of likely N-dealkylation sites (tertiary alicyclic amines) is 1. The highest BCUT2D eigenvalue weighted by atomic mass is 19.4. The van der Waals surface area contributed by atoms with Crippen molar-refractivity contribution in [2.45, 2.75) is 26.1 Å². The highest BCUT2D eigenvalue weighted by Gasteiger charge is 2.34. The normalized spacial score (nSPS) is 24.3. The highest BCUT2D eigenvalue weighted by molar-refractivity contribution is 5.27. The molecule has 21 heavy (non-hydrogen) atoms. The van der Waals surface area contributed by atoms with Gasteiger partial charge in [-0.25, -0.2) is 4.39 Å². The van der Waals surface area contributed by atoms with E-state index in [2.05, 4.69) is 11.8 Å². The smallest absolute Gasteiger partial charge is 0.330 e. The number of nitrogens with zero attached hydrogens (tertiary/aromatic N) is 1. The average molecular weight is 304 g/mol. The van der Waals surface area contributed by atoms with Gasteiger partial charge < -0.3 is 5.73 Å². The van der Waals surface area contributed by atoms with E-state index in [0.29, 0.717) is 30.5 Å². The van der Waals surface area contributed by atoms with Crippen LogP contribution in [0.1, 0.15) is 24.5 Å². The largest absolute Gasteiger partial charge is 0.419 e. The second-order valence-corrected chi connectivity index (χ2v) is 5.81. The summed E-state index contributed by atoms with van der Waals surface area (Å²) in [5, 5.41) is 0. The van der Waals surface area contributed by atoms with Crippen molar-refractivity contribution < 1.29 is 17.6 Å². The second kappa shape index (κ2) is 6.32. The number of hydrogen-bond acceptors (Lipinski definition) is 2. The second-order valence-electron chi connectivity index (χ2n) is 5.81. The number of hydrogen-bond donors (Lipinski definition) is 1. The van der Waals surface area contributed by atoms with Gasteiger partial charge in [0, 0.05) is 13.1 Å². The molecular formula is C15H20F4N2. The summed E-state index contributed by atoms with van der Waals surface area (Å²) >= 11 is 0. The standard InChI is InChI=1S/C15H20F4N2/c1-10-4-5-21(9-12(10)7-20)8-11-2-3-14(16)13(6-11)15(17,18)19/h2-3,6,10,12H,4-5,7-9,20H2,1H3. The van der Waals surface area contributed by atoms with Crippen LogP contribution in [-0.2, 0) is 12.7 Å². The van der Waals surface area contributed by atoms with E-state index in [1.807, 2.05) is 0 Å². The molecule has 1 aliphatic heterocycles. The van der Waals surface area contributed by atoms with Crippen LogP contribution < -0.4 is 5.73 Å². The molecular weight excluding hydrogens is 284 g/mol. The predicted molar refractivity (Wildman–Crippen MR) is 73.0 cm³/mol. The first-order chi connectivity index (χ1) is 9.81. The molecule has 1 aromatic carbocycles. The minimum absolute atomic E-state index is 0.362. The molecule has 1 heterocycles. The fourth-order valence-corrected chi connectivity index (χ4v) is 2.82. The summed E-state index contributed by atoms with van der Waals surface area (Å²) < 4.78 is 51.4. The third-order valence-corrected chi connectivity index (χ3v) is 4.24. The van der Waals surface area contributed by atoms with Crippen LogP contribution >= 0.6 is 0 Å². The first kappa shape index (κ1) is 16.2. The first-order valence-electron chi connectivity index (χ1n) is 7.09. The van der Waals surface area contributed by atoms with Crippen LogP contribution in [0.25, 0.3) is 0 Å². The summed E-state index contributed by atoms with van der Waals surface area (Å²) in [5.41, 5.74) is 5.01. The van der Waals surface area contributed by atoms with Crippen LogP contribution in [-0.4, -0.2) is 24.5 Å². The summed E-state index contributed by atoms with van der Waals surface area (Å²) in [6.07, 6.45) is -3.68. The molecule has 0 amide bonds. The van der Waals surface area contributed by atoms with Gasteiger partial charge in [-0.3, -0.25) is 4.90 Å². The van der Waals surface area contributed by atoms with Crippen molar-refractivity contribution in [3.8, 4) is 0 Å². The molecule has 2 unspecified atom stereocenters. The molecule has 0 radical (unpaired) electrons. The van der Waals surface area contributed by atoms with Crippen molar-refractivity contribution in [2.75, 3.05) is 19.6 Å². The summed E-state index contributed by atoms with van der Waals surface area (Å²) in [7, 11) is 0. The Morgan fingerprint density at radius 3 is 2.67 bits per heavy atom. The molecule has 0 aromatic heterocycles. The van der Waals surface area contributed by atoms with Gasteiger partial charge in [-0.2, -0.15) is 13.2 Å². The lowest BCUT2D eigenvalue weighted by atomic mass is 9.87. The van der Waals surface area contributed by atoms with E-state index in [9.17, 15) is 17.6 Å². The minimum atomic E-state index is -4.66. The van der Waals surface area contributed by atoms with Gasteiger partial charge in [0.25, 0.3) is 0 Å². The van der Waals surface area contributed by atoms with Crippen molar-refractivity contribution in [2.24, 2.45) is 17.6 Å². The zero-order valence-corrected chi connectivity index (χ0v) is 12.0. The van der Waals surface area contributed by atoms with Crippen LogP contribution in [0, 0.1) is 17.7 Å². The van der Waals surface area contributed by atoms with Crippen LogP contribution in [0.15, 0.2) is 18.2 Å². The molecule has 2 atom stereocenters. The third kappa shape index (κ3) is 3.95. The molecule has 0 aliphatic carbocycles. The van der Waals surface area contributed by atoms with Crippen LogP contribution in [0.5, 0.6) is 0 Å². The average Bonchev–Trinajstić information content (AvgIpc) is 2.42.